The van der Waals surface area contributed by atoms with Crippen molar-refractivity contribution in [1.29, 1.82) is 0 Å². The lowest BCUT2D eigenvalue weighted by atomic mass is 9.68. The van der Waals surface area contributed by atoms with Gasteiger partial charge >= 0.3 is 0 Å². The van der Waals surface area contributed by atoms with Gasteiger partial charge in [0.25, 0.3) is 0 Å². The lowest BCUT2D eigenvalue weighted by molar-refractivity contribution is -0.314. The van der Waals surface area contributed by atoms with Gasteiger partial charge in [0.2, 0.25) is 0 Å². The van der Waals surface area contributed by atoms with Gasteiger partial charge in [0.05, 0.1) is 19.3 Å². The average Bonchev–Trinajstić information content (AvgIpc) is 3.05. The molecule has 0 spiro atoms. The molecule has 0 radical (unpaired) electrons. The van der Waals surface area contributed by atoms with E-state index in [1.54, 1.807) is 19.1 Å². The first kappa shape index (κ1) is 28.3. The van der Waals surface area contributed by atoms with E-state index in [0.29, 0.717) is 6.42 Å². The molecule has 0 aromatic carbocycles. The predicted octanol–water partition coefficient (Wildman–Crippen LogP) is -1.23. The van der Waals surface area contributed by atoms with E-state index >= 15 is 0 Å². The van der Waals surface area contributed by atoms with E-state index in [-0.39, 0.29) is 23.7 Å². The Kier molecular flexibility index (Phi) is 9.25. The third kappa shape index (κ3) is 6.37. The summed E-state index contributed by atoms with van der Waals surface area (Å²) in [6.45, 7) is 6.81. The Bertz CT molecular complexity index is 796. The van der Waals surface area contributed by atoms with E-state index in [2.05, 4.69) is 0 Å². The van der Waals surface area contributed by atoms with Crippen LogP contribution in [0.5, 0.6) is 0 Å². The zero-order chi connectivity index (χ0) is 26.1. The van der Waals surface area contributed by atoms with E-state index in [9.17, 15) is 35.4 Å². The van der Waals surface area contributed by atoms with Gasteiger partial charge in [-0.1, -0.05) is 31.6 Å². The quantitative estimate of drug-likeness (QED) is 0.219. The average molecular weight is 503 g/mol. The molecule has 3 aliphatic rings. The molecule has 0 amide bonds. The molecule has 0 aromatic heterocycles. The minimum atomic E-state index is -1.59. The Hall–Kier alpha value is -1.25. The Morgan fingerprint density at radius 2 is 1.63 bits per heavy atom. The van der Waals surface area contributed by atoms with Crippen LogP contribution in [0.2, 0.25) is 0 Å². The Morgan fingerprint density at radius 1 is 1.03 bits per heavy atom. The third-order valence-corrected chi connectivity index (χ3v) is 6.87. The van der Waals surface area contributed by atoms with Crippen LogP contribution in [-0.4, -0.2) is 111 Å². The van der Waals surface area contributed by atoms with Crippen LogP contribution in [0.3, 0.4) is 0 Å². The molecular weight excluding hydrogens is 464 g/mol. The number of hydrogen-bond acceptors (Lipinski definition) is 11. The highest BCUT2D eigenvalue weighted by atomic mass is 16.7. The second-order valence-corrected chi connectivity index (χ2v) is 10.3. The van der Waals surface area contributed by atoms with Crippen molar-refractivity contribution in [3.63, 3.8) is 0 Å². The zero-order valence-electron chi connectivity index (χ0n) is 20.4. The van der Waals surface area contributed by atoms with Crippen molar-refractivity contribution in [2.75, 3.05) is 13.2 Å². The topological polar surface area (TPSA) is 175 Å². The number of hydrogen-bond donors (Lipinski definition) is 6. The molecule has 0 bridgehead atoms. The maximum Gasteiger partial charge on any atom is 0.187 e. The second-order valence-electron chi connectivity index (χ2n) is 10.3. The van der Waals surface area contributed by atoms with E-state index in [1.165, 1.54) is 0 Å². The number of allylic oxidation sites excluding steroid dienone is 3. The van der Waals surface area contributed by atoms with E-state index in [4.69, 9.17) is 18.9 Å². The molecule has 11 atom stereocenters. The molecule has 2 aliphatic heterocycles. The molecule has 11 heteroatoms. The highest BCUT2D eigenvalue weighted by molar-refractivity contribution is 5.92. The van der Waals surface area contributed by atoms with Crippen LogP contribution >= 0.6 is 0 Å². The van der Waals surface area contributed by atoms with Crippen LogP contribution in [0.15, 0.2) is 23.8 Å². The summed E-state index contributed by atoms with van der Waals surface area (Å²) in [6.07, 6.45) is -6.83. The normalized spacial score (nSPS) is 42.9. The molecule has 0 unspecified atom stereocenters. The van der Waals surface area contributed by atoms with Crippen LogP contribution in [0, 0.1) is 11.3 Å². The first-order valence-corrected chi connectivity index (χ1v) is 11.8. The molecule has 200 valence electrons. The third-order valence-electron chi connectivity index (χ3n) is 6.87. The fraction of sp³-hybridized carbons (Fsp3) is 0.792. The van der Waals surface area contributed by atoms with Crippen molar-refractivity contribution in [3.05, 3.63) is 23.8 Å². The summed E-state index contributed by atoms with van der Waals surface area (Å²) in [5.41, 5.74) is 0.690. The largest absolute Gasteiger partial charge is 0.394 e. The van der Waals surface area contributed by atoms with Gasteiger partial charge in [-0.15, -0.1) is 0 Å². The van der Waals surface area contributed by atoms with Gasteiger partial charge in [-0.25, -0.2) is 0 Å². The van der Waals surface area contributed by atoms with Crippen LogP contribution in [0.25, 0.3) is 0 Å². The molecule has 11 nitrogen and oxygen atoms in total. The summed E-state index contributed by atoms with van der Waals surface area (Å²) < 4.78 is 22.1. The highest BCUT2D eigenvalue weighted by Crippen LogP contribution is 2.40. The fourth-order valence-corrected chi connectivity index (χ4v) is 4.87. The minimum Gasteiger partial charge on any atom is -0.394 e. The number of ketones is 1. The van der Waals surface area contributed by atoms with Gasteiger partial charge in [0.1, 0.15) is 42.7 Å². The predicted molar refractivity (Wildman–Crippen MR) is 121 cm³/mol. The first-order valence-electron chi connectivity index (χ1n) is 11.8. The van der Waals surface area contributed by atoms with Gasteiger partial charge in [-0.05, 0) is 25.3 Å². The monoisotopic (exact) mass is 502 g/mol. The van der Waals surface area contributed by atoms with Gasteiger partial charge in [-0.3, -0.25) is 4.79 Å². The fourth-order valence-electron chi connectivity index (χ4n) is 4.87. The summed E-state index contributed by atoms with van der Waals surface area (Å²) >= 11 is 0. The number of aliphatic hydroxyl groups is 6. The van der Waals surface area contributed by atoms with E-state index < -0.39 is 68.0 Å². The van der Waals surface area contributed by atoms with E-state index in [0.717, 1.165) is 5.57 Å². The Labute approximate surface area is 204 Å². The van der Waals surface area contributed by atoms with Crippen LogP contribution in [-0.2, 0) is 23.7 Å². The second kappa shape index (κ2) is 11.4. The van der Waals surface area contributed by atoms with Gasteiger partial charge in [0.15, 0.2) is 18.4 Å². The Balaban J connectivity index is 1.60. The molecule has 0 aromatic rings. The summed E-state index contributed by atoms with van der Waals surface area (Å²) in [4.78, 5) is 11.9. The van der Waals surface area contributed by atoms with Crippen LogP contribution < -0.4 is 0 Å². The number of carbonyl (C=O) groups is 1. The first-order chi connectivity index (χ1) is 16.4. The van der Waals surface area contributed by atoms with Crippen molar-refractivity contribution >= 4 is 5.78 Å². The minimum absolute atomic E-state index is 0.0212. The lowest BCUT2D eigenvalue weighted by Gasteiger charge is -2.41. The number of carbonyl (C=O) groups excluding carboxylic acids is 1. The van der Waals surface area contributed by atoms with Crippen LogP contribution in [0.1, 0.15) is 34.1 Å². The molecule has 2 fully saturated rings. The molecule has 2 heterocycles. The van der Waals surface area contributed by atoms with Crippen molar-refractivity contribution in [1.82, 2.24) is 0 Å². The van der Waals surface area contributed by atoms with Crippen LogP contribution in [0.4, 0.5) is 0 Å². The molecular formula is C24H38O11. The molecule has 2 saturated heterocycles. The summed E-state index contributed by atoms with van der Waals surface area (Å²) in [5.74, 6) is 0.117. The summed E-state index contributed by atoms with van der Waals surface area (Å²) in [7, 11) is 0. The maximum absolute atomic E-state index is 11.9. The standard InChI is InChI=1S/C24H38O11/c1-11-7-13(26)8-24(3,4)14(11)6-5-12(2)33-23-21(31)19(29)18(28)16(35-23)10-32-22-20(30)17(27)15(9-25)34-22/h5-7,12,14-23,25,27-31H,8-10H2,1-4H3/b6-5+/t12-,14-,15-,16+,17-,18+,19-,20+,21+,22-,23+/m0/s1. The molecule has 1 aliphatic carbocycles. The molecule has 0 saturated carbocycles. The maximum atomic E-state index is 11.9. The number of rotatable bonds is 8. The molecule has 35 heavy (non-hydrogen) atoms. The van der Waals surface area contributed by atoms with Crippen molar-refractivity contribution < 1.29 is 54.4 Å². The molecule has 3 rings (SSSR count). The summed E-state index contributed by atoms with van der Waals surface area (Å²) in [5, 5.41) is 60.0. The molecule has 6 N–H and O–H groups in total. The van der Waals surface area contributed by atoms with Crippen molar-refractivity contribution in [3.8, 4) is 0 Å². The van der Waals surface area contributed by atoms with E-state index in [1.807, 2.05) is 26.8 Å². The number of ether oxygens (including phenoxy) is 4. The Morgan fingerprint density at radius 3 is 2.23 bits per heavy atom. The van der Waals surface area contributed by atoms with Gasteiger partial charge in [-0.2, -0.15) is 0 Å². The van der Waals surface area contributed by atoms with Gasteiger partial charge in [0, 0.05) is 12.3 Å². The summed E-state index contributed by atoms with van der Waals surface area (Å²) in [6, 6.07) is 0. The number of aliphatic hydroxyl groups excluding tert-OH is 6. The van der Waals surface area contributed by atoms with Crippen molar-refractivity contribution in [2.45, 2.75) is 95.5 Å². The SMILES string of the molecule is CC1=CC(=O)CC(C)(C)[C@H]1/C=C/[C@H](C)O[C@@H]1O[C@H](CO[C@H]2O[C@@H](CO)[C@H](O)[C@H]2O)[C@@H](O)[C@H](O)[C@H]1O. The highest BCUT2D eigenvalue weighted by Gasteiger charge is 2.47. The zero-order valence-corrected chi connectivity index (χ0v) is 20.4. The van der Waals surface area contributed by atoms with Crippen molar-refractivity contribution in [2.24, 2.45) is 11.3 Å². The lowest BCUT2D eigenvalue weighted by Crippen LogP contribution is -2.60. The van der Waals surface area contributed by atoms with Gasteiger partial charge < -0.3 is 49.6 Å². The smallest absolute Gasteiger partial charge is 0.187 e.